The highest BCUT2D eigenvalue weighted by Gasteiger charge is 2.40. The molecule has 0 spiro atoms. The first-order valence-electron chi connectivity index (χ1n) is 6.93. The number of carbonyl (C=O) groups excluding carboxylic acids is 1. The molecule has 0 saturated heterocycles. The Morgan fingerprint density at radius 2 is 1.67 bits per heavy atom. The number of nitrogens with one attached hydrogen (secondary N) is 1. The van der Waals surface area contributed by atoms with Crippen LogP contribution in [-0.4, -0.2) is 5.91 Å². The predicted molar refractivity (Wildman–Crippen MR) is 83.5 cm³/mol. The van der Waals surface area contributed by atoms with Gasteiger partial charge in [0.05, 0.1) is 5.54 Å². The highest BCUT2D eigenvalue weighted by atomic mass is 79.9. The van der Waals surface area contributed by atoms with Gasteiger partial charge in [-0.1, -0.05) is 28.1 Å². The molecule has 1 saturated carbocycles. The van der Waals surface area contributed by atoms with Crippen molar-refractivity contribution in [3.05, 3.63) is 69.9 Å². The fourth-order valence-corrected chi connectivity index (χ4v) is 2.94. The Kier molecular flexibility index (Phi) is 3.81. The largest absolute Gasteiger partial charge is 0.343 e. The van der Waals surface area contributed by atoms with Gasteiger partial charge in [-0.3, -0.25) is 4.79 Å². The summed E-state index contributed by atoms with van der Waals surface area (Å²) in [4.78, 5) is 12.4. The van der Waals surface area contributed by atoms with Gasteiger partial charge in [-0.05, 0) is 61.2 Å². The van der Waals surface area contributed by atoms with Crippen molar-refractivity contribution in [2.75, 3.05) is 0 Å². The number of halogens is 2. The minimum Gasteiger partial charge on any atom is -0.343 e. The molecule has 21 heavy (non-hydrogen) atoms. The molecule has 0 heterocycles. The van der Waals surface area contributed by atoms with Crippen molar-refractivity contribution in [2.24, 2.45) is 0 Å². The maximum Gasteiger partial charge on any atom is 0.251 e. The number of hydrogen-bond donors (Lipinski definition) is 1. The van der Waals surface area contributed by atoms with Crippen LogP contribution < -0.4 is 5.32 Å². The minimum absolute atomic E-state index is 0.155. The fourth-order valence-electron chi connectivity index (χ4n) is 2.68. The topological polar surface area (TPSA) is 29.1 Å². The van der Waals surface area contributed by atoms with Gasteiger partial charge >= 0.3 is 0 Å². The van der Waals surface area contributed by atoms with E-state index in [1.807, 2.05) is 24.3 Å². The van der Waals surface area contributed by atoms with Crippen molar-refractivity contribution in [3.63, 3.8) is 0 Å². The maximum atomic E-state index is 12.9. The predicted octanol–water partition coefficient (Wildman–Crippen LogP) is 4.40. The van der Waals surface area contributed by atoms with E-state index in [1.165, 1.54) is 24.3 Å². The van der Waals surface area contributed by atoms with Gasteiger partial charge in [0.2, 0.25) is 0 Å². The number of benzene rings is 2. The molecule has 0 aliphatic heterocycles. The van der Waals surface area contributed by atoms with Crippen molar-refractivity contribution in [1.29, 1.82) is 0 Å². The van der Waals surface area contributed by atoms with Crippen molar-refractivity contribution in [3.8, 4) is 0 Å². The summed E-state index contributed by atoms with van der Waals surface area (Å²) in [6.07, 6.45) is 2.96. The number of rotatable bonds is 3. The second kappa shape index (κ2) is 5.60. The third-order valence-electron chi connectivity index (χ3n) is 4.06. The lowest BCUT2D eigenvalue weighted by Crippen LogP contribution is -2.50. The summed E-state index contributed by atoms with van der Waals surface area (Å²) in [7, 11) is 0. The summed E-state index contributed by atoms with van der Waals surface area (Å²) in [6.45, 7) is 0. The molecule has 0 aromatic heterocycles. The molecule has 0 bridgehead atoms. The molecule has 4 heteroatoms. The lowest BCUT2D eigenvalue weighted by molar-refractivity contribution is 0.0823. The minimum atomic E-state index is -0.335. The molecule has 2 aromatic rings. The van der Waals surface area contributed by atoms with Gasteiger partial charge in [-0.25, -0.2) is 4.39 Å². The van der Waals surface area contributed by atoms with Crippen LogP contribution in [-0.2, 0) is 5.54 Å². The Bertz CT molecular complexity index is 647. The molecule has 0 atom stereocenters. The maximum absolute atomic E-state index is 12.9. The van der Waals surface area contributed by atoms with Gasteiger partial charge in [0.25, 0.3) is 5.91 Å². The van der Waals surface area contributed by atoms with Crippen LogP contribution in [0.3, 0.4) is 0 Å². The number of hydrogen-bond acceptors (Lipinski definition) is 1. The summed E-state index contributed by atoms with van der Waals surface area (Å²) in [5.41, 5.74) is 1.32. The molecule has 108 valence electrons. The monoisotopic (exact) mass is 347 g/mol. The normalized spacial score (nSPS) is 16.1. The van der Waals surface area contributed by atoms with E-state index >= 15 is 0 Å². The molecule has 2 aromatic carbocycles. The second-order valence-corrected chi connectivity index (χ2v) is 6.32. The Morgan fingerprint density at radius 1 is 1.05 bits per heavy atom. The number of carbonyl (C=O) groups is 1. The fraction of sp³-hybridized carbons (Fsp3) is 0.235. The van der Waals surface area contributed by atoms with Gasteiger partial charge in [0.15, 0.2) is 0 Å². The summed E-state index contributed by atoms with van der Waals surface area (Å²) in [5, 5.41) is 3.12. The van der Waals surface area contributed by atoms with Crippen LogP contribution in [0, 0.1) is 5.82 Å². The average molecular weight is 348 g/mol. The van der Waals surface area contributed by atoms with Crippen LogP contribution in [0.25, 0.3) is 0 Å². The molecular formula is C17H15BrFNO. The van der Waals surface area contributed by atoms with Crippen LogP contribution >= 0.6 is 15.9 Å². The summed E-state index contributed by atoms with van der Waals surface area (Å²) in [5.74, 6) is -0.490. The molecule has 1 fully saturated rings. The van der Waals surface area contributed by atoms with E-state index in [-0.39, 0.29) is 17.3 Å². The van der Waals surface area contributed by atoms with E-state index < -0.39 is 0 Å². The molecule has 0 unspecified atom stereocenters. The molecule has 1 amide bonds. The van der Waals surface area contributed by atoms with Crippen molar-refractivity contribution < 1.29 is 9.18 Å². The van der Waals surface area contributed by atoms with E-state index in [4.69, 9.17) is 0 Å². The standard InChI is InChI=1S/C17H15BrFNO/c18-14-6-4-13(5-7-14)17(10-1-11-17)20-16(21)12-2-8-15(19)9-3-12/h2-9H,1,10-11H2,(H,20,21). The van der Waals surface area contributed by atoms with Gasteiger partial charge in [0, 0.05) is 10.0 Å². The van der Waals surface area contributed by atoms with Crippen LogP contribution in [0.4, 0.5) is 4.39 Å². The van der Waals surface area contributed by atoms with Gasteiger partial charge in [0.1, 0.15) is 5.82 Å². The number of amides is 1. The summed E-state index contributed by atoms with van der Waals surface area (Å²) in [6, 6.07) is 13.7. The van der Waals surface area contributed by atoms with E-state index in [0.717, 1.165) is 29.3 Å². The first-order valence-corrected chi connectivity index (χ1v) is 7.72. The van der Waals surface area contributed by atoms with Gasteiger partial charge < -0.3 is 5.32 Å². The average Bonchev–Trinajstić information content (AvgIpc) is 2.44. The quantitative estimate of drug-likeness (QED) is 0.875. The third kappa shape index (κ3) is 2.86. The van der Waals surface area contributed by atoms with Crippen LogP contribution in [0.5, 0.6) is 0 Å². The van der Waals surface area contributed by atoms with Gasteiger partial charge in [-0.2, -0.15) is 0 Å². The zero-order chi connectivity index (χ0) is 14.9. The Labute approximate surface area is 131 Å². The Balaban J connectivity index is 1.82. The molecule has 1 aliphatic rings. The summed E-state index contributed by atoms with van der Waals surface area (Å²) >= 11 is 3.42. The first kappa shape index (κ1) is 14.3. The zero-order valence-corrected chi connectivity index (χ0v) is 13.0. The Morgan fingerprint density at radius 3 is 2.19 bits per heavy atom. The van der Waals surface area contributed by atoms with Crippen LogP contribution in [0.1, 0.15) is 35.2 Å². The highest BCUT2D eigenvalue weighted by Crippen LogP contribution is 2.41. The third-order valence-corrected chi connectivity index (χ3v) is 4.59. The van der Waals surface area contributed by atoms with Gasteiger partial charge in [-0.15, -0.1) is 0 Å². The Hall–Kier alpha value is -1.68. The second-order valence-electron chi connectivity index (χ2n) is 5.40. The van der Waals surface area contributed by atoms with Crippen LogP contribution in [0.15, 0.2) is 53.0 Å². The lowest BCUT2D eigenvalue weighted by Gasteiger charge is -2.43. The SMILES string of the molecule is O=C(NC1(c2ccc(Br)cc2)CCC1)c1ccc(F)cc1. The lowest BCUT2D eigenvalue weighted by atomic mass is 9.71. The first-order chi connectivity index (χ1) is 10.1. The highest BCUT2D eigenvalue weighted by molar-refractivity contribution is 9.10. The van der Waals surface area contributed by atoms with E-state index in [9.17, 15) is 9.18 Å². The van der Waals surface area contributed by atoms with Crippen molar-refractivity contribution in [2.45, 2.75) is 24.8 Å². The van der Waals surface area contributed by atoms with Crippen molar-refractivity contribution >= 4 is 21.8 Å². The zero-order valence-electron chi connectivity index (χ0n) is 11.4. The molecule has 3 rings (SSSR count). The molecule has 2 nitrogen and oxygen atoms in total. The summed E-state index contributed by atoms with van der Waals surface area (Å²) < 4.78 is 14.0. The van der Waals surface area contributed by atoms with E-state index in [0.29, 0.717) is 5.56 Å². The van der Waals surface area contributed by atoms with Crippen LogP contribution in [0.2, 0.25) is 0 Å². The molecule has 1 N–H and O–H groups in total. The molecule has 1 aliphatic carbocycles. The van der Waals surface area contributed by atoms with E-state index in [2.05, 4.69) is 21.2 Å². The van der Waals surface area contributed by atoms with Crippen molar-refractivity contribution in [1.82, 2.24) is 5.32 Å². The smallest absolute Gasteiger partial charge is 0.251 e. The molecular weight excluding hydrogens is 333 g/mol. The van der Waals surface area contributed by atoms with E-state index in [1.54, 1.807) is 0 Å². The molecule has 0 radical (unpaired) electrons.